The fourth-order valence-corrected chi connectivity index (χ4v) is 4.70. The molecule has 0 unspecified atom stereocenters. The topological polar surface area (TPSA) is 128 Å². The number of hydrogen-bond donors (Lipinski definition) is 1. The Hall–Kier alpha value is -4.06. The molecule has 39 heavy (non-hydrogen) atoms. The van der Waals surface area contributed by atoms with Crippen LogP contribution in [0.2, 0.25) is 10.0 Å². The lowest BCUT2D eigenvalue weighted by atomic mass is 10.1. The number of benzene rings is 3. The largest absolute Gasteiger partial charge is 0.493 e. The van der Waals surface area contributed by atoms with Crippen LogP contribution in [-0.4, -0.2) is 40.6 Å². The molecular formula is C26H19Cl2N3O7S. The fourth-order valence-electron chi connectivity index (χ4n) is 3.54. The van der Waals surface area contributed by atoms with Crippen molar-refractivity contribution in [2.75, 3.05) is 19.0 Å². The second-order valence-corrected chi connectivity index (χ2v) is 9.88. The van der Waals surface area contributed by atoms with Crippen molar-refractivity contribution in [3.05, 3.63) is 96.9 Å². The summed E-state index contributed by atoms with van der Waals surface area (Å²) in [6, 6.07) is 15.2. The first-order valence-corrected chi connectivity index (χ1v) is 12.8. The van der Waals surface area contributed by atoms with Gasteiger partial charge in [-0.2, -0.15) is 0 Å². The van der Waals surface area contributed by atoms with Gasteiger partial charge in [0.1, 0.15) is 0 Å². The van der Waals surface area contributed by atoms with Crippen molar-refractivity contribution < 1.29 is 28.8 Å². The van der Waals surface area contributed by atoms with Gasteiger partial charge in [0.05, 0.1) is 33.5 Å². The number of nitro groups is 1. The van der Waals surface area contributed by atoms with Gasteiger partial charge in [-0.15, -0.1) is 0 Å². The number of thioether (sulfide) groups is 1. The van der Waals surface area contributed by atoms with Gasteiger partial charge in [0.2, 0.25) is 0 Å². The number of nitrogens with zero attached hydrogens (tertiary/aromatic N) is 2. The molecule has 1 fully saturated rings. The molecule has 0 aromatic heterocycles. The second kappa shape index (κ2) is 12.2. The fraction of sp³-hybridized carbons (Fsp3) is 0.115. The highest BCUT2D eigenvalue weighted by Gasteiger charge is 2.35. The average molecular weight is 588 g/mol. The predicted molar refractivity (Wildman–Crippen MR) is 148 cm³/mol. The number of rotatable bonds is 9. The van der Waals surface area contributed by atoms with Gasteiger partial charge in [-0.3, -0.25) is 29.4 Å². The van der Waals surface area contributed by atoms with E-state index in [0.717, 1.165) is 16.7 Å². The summed E-state index contributed by atoms with van der Waals surface area (Å²) in [6.07, 6.45) is 1.56. The van der Waals surface area contributed by atoms with Gasteiger partial charge >= 0.3 is 0 Å². The number of amides is 3. The standard InChI is InChI=1S/C26H19Cl2N3O7S/c1-37-22-10-15(6-8-21(22)38-14-24(32)29-17-3-2-4-18(12-17)31(35)36)11-23-25(33)30(26(34)39-23)13-16-5-7-19(27)20(28)9-16/h2-12H,13-14H2,1H3,(H,29,32)/b23-11-. The van der Waals surface area contributed by atoms with Crippen LogP contribution >= 0.6 is 35.0 Å². The highest BCUT2D eigenvalue weighted by atomic mass is 35.5. The Morgan fingerprint density at radius 2 is 1.87 bits per heavy atom. The Labute approximate surface area is 236 Å². The summed E-state index contributed by atoms with van der Waals surface area (Å²) in [7, 11) is 1.42. The van der Waals surface area contributed by atoms with Gasteiger partial charge in [-0.1, -0.05) is 41.4 Å². The molecule has 13 heteroatoms. The van der Waals surface area contributed by atoms with E-state index >= 15 is 0 Å². The van der Waals surface area contributed by atoms with Gasteiger partial charge < -0.3 is 14.8 Å². The van der Waals surface area contributed by atoms with Crippen LogP contribution in [0.3, 0.4) is 0 Å². The normalized spacial score (nSPS) is 14.0. The lowest BCUT2D eigenvalue weighted by Crippen LogP contribution is -2.27. The van der Waals surface area contributed by atoms with Crippen molar-refractivity contribution in [3.8, 4) is 11.5 Å². The minimum Gasteiger partial charge on any atom is -0.493 e. The SMILES string of the molecule is COc1cc(/C=C2\SC(=O)N(Cc3ccc(Cl)c(Cl)c3)C2=O)ccc1OCC(=O)Nc1cccc([N+](=O)[O-])c1. The molecule has 1 N–H and O–H groups in total. The number of nitro benzene ring substituents is 1. The molecule has 0 bridgehead atoms. The van der Waals surface area contributed by atoms with Crippen molar-refractivity contribution in [3.63, 3.8) is 0 Å². The number of carbonyl (C=O) groups is 3. The van der Waals surface area contributed by atoms with E-state index in [-0.39, 0.29) is 35.2 Å². The smallest absolute Gasteiger partial charge is 0.293 e. The Morgan fingerprint density at radius 3 is 2.59 bits per heavy atom. The van der Waals surface area contributed by atoms with Crippen LogP contribution in [-0.2, 0) is 16.1 Å². The molecule has 1 saturated heterocycles. The van der Waals surface area contributed by atoms with E-state index in [1.165, 1.54) is 31.4 Å². The van der Waals surface area contributed by atoms with Crippen molar-refractivity contribution in [2.45, 2.75) is 6.54 Å². The summed E-state index contributed by atoms with van der Waals surface area (Å²) in [6.45, 7) is -0.334. The Balaban J connectivity index is 1.41. The lowest BCUT2D eigenvalue weighted by molar-refractivity contribution is -0.384. The number of carbonyl (C=O) groups excluding carboxylic acids is 3. The van der Waals surface area contributed by atoms with E-state index in [9.17, 15) is 24.5 Å². The Morgan fingerprint density at radius 1 is 1.08 bits per heavy atom. The number of ether oxygens (including phenoxy) is 2. The molecule has 4 rings (SSSR count). The number of methoxy groups -OCH3 is 1. The van der Waals surface area contributed by atoms with Crippen LogP contribution in [0.5, 0.6) is 11.5 Å². The minimum atomic E-state index is -0.561. The molecule has 1 aliphatic heterocycles. The molecule has 0 aliphatic carbocycles. The number of imide groups is 1. The van der Waals surface area contributed by atoms with Crippen LogP contribution in [0.25, 0.3) is 6.08 Å². The lowest BCUT2D eigenvalue weighted by Gasteiger charge is -2.13. The summed E-state index contributed by atoms with van der Waals surface area (Å²) in [5.41, 5.74) is 1.33. The van der Waals surface area contributed by atoms with Crippen LogP contribution < -0.4 is 14.8 Å². The minimum absolute atomic E-state index is 0.0490. The highest BCUT2D eigenvalue weighted by Crippen LogP contribution is 2.36. The van der Waals surface area contributed by atoms with E-state index in [1.54, 1.807) is 42.5 Å². The van der Waals surface area contributed by atoms with Crippen LogP contribution in [0.15, 0.2) is 65.6 Å². The van der Waals surface area contributed by atoms with Gasteiger partial charge in [-0.05, 0) is 59.3 Å². The molecule has 0 saturated carbocycles. The monoisotopic (exact) mass is 587 g/mol. The van der Waals surface area contributed by atoms with Crippen molar-refractivity contribution in [2.24, 2.45) is 0 Å². The third kappa shape index (κ3) is 6.88. The van der Waals surface area contributed by atoms with E-state index in [2.05, 4.69) is 5.32 Å². The molecular weight excluding hydrogens is 569 g/mol. The first-order valence-electron chi connectivity index (χ1n) is 11.2. The average Bonchev–Trinajstić information content (AvgIpc) is 3.17. The summed E-state index contributed by atoms with van der Waals surface area (Å²) >= 11 is 12.8. The van der Waals surface area contributed by atoms with E-state index in [4.69, 9.17) is 32.7 Å². The van der Waals surface area contributed by atoms with E-state index in [1.807, 2.05) is 0 Å². The molecule has 200 valence electrons. The maximum absolute atomic E-state index is 12.9. The van der Waals surface area contributed by atoms with Crippen molar-refractivity contribution in [1.82, 2.24) is 4.90 Å². The molecule has 3 amide bonds. The Bertz CT molecular complexity index is 1510. The molecule has 0 spiro atoms. The molecule has 0 atom stereocenters. The van der Waals surface area contributed by atoms with Crippen LogP contribution in [0.4, 0.5) is 16.2 Å². The maximum Gasteiger partial charge on any atom is 0.293 e. The molecule has 10 nitrogen and oxygen atoms in total. The zero-order valence-corrected chi connectivity index (χ0v) is 22.5. The zero-order chi connectivity index (χ0) is 28.1. The molecule has 1 aliphatic rings. The second-order valence-electron chi connectivity index (χ2n) is 8.07. The molecule has 1 heterocycles. The zero-order valence-electron chi connectivity index (χ0n) is 20.2. The van der Waals surface area contributed by atoms with E-state index < -0.39 is 22.0 Å². The van der Waals surface area contributed by atoms with Crippen LogP contribution in [0, 0.1) is 10.1 Å². The number of halogens is 2. The van der Waals surface area contributed by atoms with Gasteiger partial charge in [-0.25, -0.2) is 0 Å². The number of non-ortho nitro benzene ring substituents is 1. The molecule has 0 radical (unpaired) electrons. The van der Waals surface area contributed by atoms with Crippen molar-refractivity contribution >= 4 is 69.5 Å². The van der Waals surface area contributed by atoms with E-state index in [0.29, 0.717) is 26.9 Å². The third-order valence-electron chi connectivity index (χ3n) is 5.38. The summed E-state index contributed by atoms with van der Waals surface area (Å²) in [5, 5.41) is 13.7. The van der Waals surface area contributed by atoms with Gasteiger partial charge in [0.25, 0.3) is 22.7 Å². The van der Waals surface area contributed by atoms with Gasteiger partial charge in [0, 0.05) is 17.8 Å². The van der Waals surface area contributed by atoms with Gasteiger partial charge in [0.15, 0.2) is 18.1 Å². The van der Waals surface area contributed by atoms with Crippen LogP contribution in [0.1, 0.15) is 11.1 Å². The quantitative estimate of drug-likeness (QED) is 0.179. The predicted octanol–water partition coefficient (Wildman–Crippen LogP) is 6.16. The summed E-state index contributed by atoms with van der Waals surface area (Å²) in [4.78, 5) is 49.4. The maximum atomic E-state index is 12.9. The number of hydrogen-bond acceptors (Lipinski definition) is 8. The Kier molecular flexibility index (Phi) is 8.75. The highest BCUT2D eigenvalue weighted by molar-refractivity contribution is 8.18. The number of anilines is 1. The third-order valence-corrected chi connectivity index (χ3v) is 7.03. The summed E-state index contributed by atoms with van der Waals surface area (Å²) < 4.78 is 10.9. The molecule has 3 aromatic rings. The number of nitrogens with one attached hydrogen (secondary N) is 1. The first-order chi connectivity index (χ1) is 18.6. The summed E-state index contributed by atoms with van der Waals surface area (Å²) in [5.74, 6) is -0.427. The first kappa shape index (κ1) is 28.0. The molecule has 3 aromatic carbocycles. The van der Waals surface area contributed by atoms with Crippen molar-refractivity contribution in [1.29, 1.82) is 0 Å².